The Morgan fingerprint density at radius 3 is 2.44 bits per heavy atom. The molecule has 1 atom stereocenters. The predicted octanol–water partition coefficient (Wildman–Crippen LogP) is 4.33. The SMILES string of the molecule is CCCCC(CCCC=O)c1ccccc1. The lowest BCUT2D eigenvalue weighted by Gasteiger charge is -2.16. The highest BCUT2D eigenvalue weighted by Crippen LogP contribution is 2.27. The van der Waals surface area contributed by atoms with Crippen LogP contribution in [0.15, 0.2) is 30.3 Å². The van der Waals surface area contributed by atoms with Gasteiger partial charge in [0.15, 0.2) is 0 Å². The molecule has 0 radical (unpaired) electrons. The van der Waals surface area contributed by atoms with E-state index in [4.69, 9.17) is 0 Å². The van der Waals surface area contributed by atoms with Gasteiger partial charge in [-0.2, -0.15) is 0 Å². The van der Waals surface area contributed by atoms with Gasteiger partial charge in [0.1, 0.15) is 6.29 Å². The van der Waals surface area contributed by atoms with E-state index in [2.05, 4.69) is 37.3 Å². The molecule has 0 N–H and O–H groups in total. The van der Waals surface area contributed by atoms with Crippen molar-refractivity contribution in [3.05, 3.63) is 35.9 Å². The Morgan fingerprint density at radius 2 is 1.81 bits per heavy atom. The van der Waals surface area contributed by atoms with Gasteiger partial charge in [0.25, 0.3) is 0 Å². The molecule has 1 heteroatoms. The van der Waals surface area contributed by atoms with Crippen molar-refractivity contribution in [2.45, 2.75) is 51.4 Å². The first-order valence-electron chi connectivity index (χ1n) is 6.37. The smallest absolute Gasteiger partial charge is 0.119 e. The molecule has 0 amide bonds. The quantitative estimate of drug-likeness (QED) is 0.469. The summed E-state index contributed by atoms with van der Waals surface area (Å²) in [6.45, 7) is 2.23. The van der Waals surface area contributed by atoms with E-state index >= 15 is 0 Å². The van der Waals surface area contributed by atoms with Crippen LogP contribution in [0, 0.1) is 0 Å². The van der Waals surface area contributed by atoms with Gasteiger partial charge in [-0.15, -0.1) is 0 Å². The molecular formula is C15H22O. The van der Waals surface area contributed by atoms with Gasteiger partial charge in [0.05, 0.1) is 0 Å². The van der Waals surface area contributed by atoms with E-state index < -0.39 is 0 Å². The van der Waals surface area contributed by atoms with E-state index in [0.29, 0.717) is 12.3 Å². The van der Waals surface area contributed by atoms with Crippen molar-refractivity contribution in [2.75, 3.05) is 0 Å². The molecule has 1 aromatic rings. The number of carbonyl (C=O) groups is 1. The molecule has 0 saturated carbocycles. The summed E-state index contributed by atoms with van der Waals surface area (Å²) in [6, 6.07) is 10.7. The van der Waals surface area contributed by atoms with Crippen molar-refractivity contribution in [2.24, 2.45) is 0 Å². The summed E-state index contributed by atoms with van der Waals surface area (Å²) in [4.78, 5) is 10.3. The highest BCUT2D eigenvalue weighted by Gasteiger charge is 2.09. The van der Waals surface area contributed by atoms with Gasteiger partial charge in [-0.3, -0.25) is 0 Å². The Bertz CT molecular complexity index is 279. The molecule has 0 spiro atoms. The average molecular weight is 218 g/mol. The lowest BCUT2D eigenvalue weighted by Crippen LogP contribution is -1.99. The summed E-state index contributed by atoms with van der Waals surface area (Å²) in [5, 5.41) is 0. The van der Waals surface area contributed by atoms with Gasteiger partial charge >= 0.3 is 0 Å². The fraction of sp³-hybridized carbons (Fsp3) is 0.533. The molecule has 0 aliphatic rings. The Kier molecular flexibility index (Phi) is 6.55. The van der Waals surface area contributed by atoms with Crippen LogP contribution in [0.25, 0.3) is 0 Å². The van der Waals surface area contributed by atoms with Gasteiger partial charge in [0, 0.05) is 6.42 Å². The average Bonchev–Trinajstić information content (AvgIpc) is 2.35. The molecule has 1 nitrogen and oxygen atoms in total. The van der Waals surface area contributed by atoms with Gasteiger partial charge < -0.3 is 4.79 Å². The number of benzene rings is 1. The van der Waals surface area contributed by atoms with Crippen LogP contribution >= 0.6 is 0 Å². The van der Waals surface area contributed by atoms with Crippen LogP contribution in [0.3, 0.4) is 0 Å². The van der Waals surface area contributed by atoms with E-state index in [1.165, 1.54) is 24.8 Å². The van der Waals surface area contributed by atoms with Crippen LogP contribution in [0.5, 0.6) is 0 Å². The molecule has 88 valence electrons. The first kappa shape index (κ1) is 13.0. The monoisotopic (exact) mass is 218 g/mol. The summed E-state index contributed by atoms with van der Waals surface area (Å²) < 4.78 is 0. The molecule has 0 aliphatic heterocycles. The Hall–Kier alpha value is -1.11. The number of hydrogen-bond donors (Lipinski definition) is 0. The molecule has 16 heavy (non-hydrogen) atoms. The van der Waals surface area contributed by atoms with E-state index in [9.17, 15) is 4.79 Å². The van der Waals surface area contributed by atoms with E-state index in [1.807, 2.05) is 0 Å². The molecule has 1 unspecified atom stereocenters. The van der Waals surface area contributed by atoms with Crippen molar-refractivity contribution < 1.29 is 4.79 Å². The normalized spacial score (nSPS) is 12.3. The molecule has 0 aliphatic carbocycles. The Balaban J connectivity index is 2.52. The second-order valence-electron chi connectivity index (χ2n) is 4.35. The minimum atomic E-state index is 0.640. The first-order chi connectivity index (χ1) is 7.88. The third-order valence-electron chi connectivity index (χ3n) is 3.05. The second kappa shape index (κ2) is 8.09. The summed E-state index contributed by atoms with van der Waals surface area (Å²) in [7, 11) is 0. The second-order valence-corrected chi connectivity index (χ2v) is 4.35. The fourth-order valence-corrected chi connectivity index (χ4v) is 2.10. The molecule has 0 heterocycles. The maximum Gasteiger partial charge on any atom is 0.119 e. The predicted molar refractivity (Wildman–Crippen MR) is 68.6 cm³/mol. The Morgan fingerprint density at radius 1 is 1.12 bits per heavy atom. The molecule has 0 aromatic heterocycles. The fourth-order valence-electron chi connectivity index (χ4n) is 2.10. The minimum Gasteiger partial charge on any atom is -0.303 e. The van der Waals surface area contributed by atoms with Gasteiger partial charge in [-0.05, 0) is 30.7 Å². The number of unbranched alkanes of at least 4 members (excludes halogenated alkanes) is 2. The largest absolute Gasteiger partial charge is 0.303 e. The number of carbonyl (C=O) groups excluding carboxylic acids is 1. The van der Waals surface area contributed by atoms with Crippen LogP contribution in [0.1, 0.15) is 56.9 Å². The third-order valence-corrected chi connectivity index (χ3v) is 3.05. The maximum atomic E-state index is 10.3. The van der Waals surface area contributed by atoms with Crippen molar-refractivity contribution in [1.29, 1.82) is 0 Å². The topological polar surface area (TPSA) is 17.1 Å². The summed E-state index contributed by atoms with van der Waals surface area (Å²) >= 11 is 0. The van der Waals surface area contributed by atoms with E-state index in [1.54, 1.807) is 0 Å². The minimum absolute atomic E-state index is 0.640. The van der Waals surface area contributed by atoms with Crippen LogP contribution in [-0.2, 0) is 4.79 Å². The van der Waals surface area contributed by atoms with Crippen LogP contribution in [0.2, 0.25) is 0 Å². The third kappa shape index (κ3) is 4.61. The Labute approximate surface area is 98.9 Å². The first-order valence-corrected chi connectivity index (χ1v) is 6.37. The highest BCUT2D eigenvalue weighted by atomic mass is 16.1. The molecule has 0 bridgehead atoms. The van der Waals surface area contributed by atoms with Gasteiger partial charge in [-0.1, -0.05) is 50.1 Å². The summed E-state index contributed by atoms with van der Waals surface area (Å²) in [5.74, 6) is 0.640. The van der Waals surface area contributed by atoms with Crippen LogP contribution in [-0.4, -0.2) is 6.29 Å². The van der Waals surface area contributed by atoms with Crippen molar-refractivity contribution >= 4 is 6.29 Å². The number of hydrogen-bond acceptors (Lipinski definition) is 1. The standard InChI is InChI=1S/C15H22O/c1-2-3-9-14(12-7-8-13-16)15-10-5-4-6-11-15/h4-6,10-11,13-14H,2-3,7-9,12H2,1H3. The lowest BCUT2D eigenvalue weighted by atomic mass is 9.89. The van der Waals surface area contributed by atoms with Gasteiger partial charge in [0.2, 0.25) is 0 Å². The van der Waals surface area contributed by atoms with Crippen LogP contribution < -0.4 is 0 Å². The van der Waals surface area contributed by atoms with Gasteiger partial charge in [-0.25, -0.2) is 0 Å². The lowest BCUT2D eigenvalue weighted by molar-refractivity contribution is -0.107. The molecule has 1 aromatic carbocycles. The van der Waals surface area contributed by atoms with Crippen molar-refractivity contribution in [1.82, 2.24) is 0 Å². The highest BCUT2D eigenvalue weighted by molar-refractivity contribution is 5.49. The van der Waals surface area contributed by atoms with E-state index in [-0.39, 0.29) is 0 Å². The number of rotatable bonds is 8. The van der Waals surface area contributed by atoms with E-state index in [0.717, 1.165) is 19.1 Å². The zero-order valence-corrected chi connectivity index (χ0v) is 10.2. The van der Waals surface area contributed by atoms with Crippen LogP contribution in [0.4, 0.5) is 0 Å². The number of aldehydes is 1. The zero-order chi connectivity index (χ0) is 11.6. The van der Waals surface area contributed by atoms with Crippen molar-refractivity contribution in [3.63, 3.8) is 0 Å². The zero-order valence-electron chi connectivity index (χ0n) is 10.2. The van der Waals surface area contributed by atoms with Crippen molar-refractivity contribution in [3.8, 4) is 0 Å². The molecule has 1 rings (SSSR count). The maximum absolute atomic E-state index is 10.3. The molecular weight excluding hydrogens is 196 g/mol. The molecule has 0 saturated heterocycles. The summed E-state index contributed by atoms with van der Waals surface area (Å²) in [5.41, 5.74) is 1.43. The molecule has 0 fully saturated rings. The summed E-state index contributed by atoms with van der Waals surface area (Å²) in [6.07, 6.45) is 7.67.